The molecule has 0 fully saturated rings. The van der Waals surface area contributed by atoms with E-state index in [2.05, 4.69) is 44.7 Å². The Morgan fingerprint density at radius 1 is 1.50 bits per heavy atom. The molecule has 0 aromatic carbocycles. The van der Waals surface area contributed by atoms with Crippen molar-refractivity contribution in [1.82, 2.24) is 0 Å². The topological polar surface area (TPSA) is 0 Å². The Morgan fingerprint density at radius 2 is 2.29 bits per heavy atom. The second kappa shape index (κ2) is 5.64. The fraction of sp³-hybridized carbons (Fsp3) is 0.429. The van der Waals surface area contributed by atoms with Crippen molar-refractivity contribution in [1.29, 1.82) is 0 Å². The highest BCUT2D eigenvalue weighted by Gasteiger charge is 2.06. The summed E-state index contributed by atoms with van der Waals surface area (Å²) in [4.78, 5) is 0. The smallest absolute Gasteiger partial charge is 0.0273 e. The Morgan fingerprint density at radius 3 is 2.93 bits per heavy atom. The van der Waals surface area contributed by atoms with Crippen LogP contribution in [-0.2, 0) is 0 Å². The predicted molar refractivity (Wildman–Crippen MR) is 64.3 cm³/mol. The van der Waals surface area contributed by atoms with Gasteiger partial charge >= 0.3 is 0 Å². The average Bonchev–Trinajstić information content (AvgIpc) is 2.19. The minimum absolute atomic E-state index is 1.11. The highest BCUT2D eigenvalue weighted by Crippen LogP contribution is 2.26. The Bertz CT molecular complexity index is 287. The summed E-state index contributed by atoms with van der Waals surface area (Å²) < 4.78 is 0. The van der Waals surface area contributed by atoms with Crippen molar-refractivity contribution in [3.05, 3.63) is 47.6 Å². The summed E-state index contributed by atoms with van der Waals surface area (Å²) in [6.45, 7) is 8.25. The van der Waals surface area contributed by atoms with Crippen molar-refractivity contribution in [3.63, 3.8) is 0 Å². The first-order valence-corrected chi connectivity index (χ1v) is 5.46. The van der Waals surface area contributed by atoms with E-state index in [4.69, 9.17) is 0 Å². The van der Waals surface area contributed by atoms with E-state index >= 15 is 0 Å². The van der Waals surface area contributed by atoms with Crippen molar-refractivity contribution in [2.75, 3.05) is 0 Å². The quantitative estimate of drug-likeness (QED) is 0.608. The summed E-state index contributed by atoms with van der Waals surface area (Å²) in [6, 6.07) is 0. The zero-order chi connectivity index (χ0) is 10.4. The summed E-state index contributed by atoms with van der Waals surface area (Å²) in [5.41, 5.74) is 4.08. The van der Waals surface area contributed by atoms with Gasteiger partial charge < -0.3 is 0 Å². The van der Waals surface area contributed by atoms with Crippen LogP contribution in [0.3, 0.4) is 0 Å². The van der Waals surface area contributed by atoms with Crippen LogP contribution in [0.25, 0.3) is 0 Å². The van der Waals surface area contributed by atoms with Crippen LogP contribution >= 0.6 is 0 Å². The lowest BCUT2D eigenvalue weighted by Crippen LogP contribution is -1.95. The van der Waals surface area contributed by atoms with E-state index < -0.39 is 0 Å². The van der Waals surface area contributed by atoms with Gasteiger partial charge in [0.15, 0.2) is 0 Å². The first kappa shape index (κ1) is 11.0. The van der Waals surface area contributed by atoms with Crippen molar-refractivity contribution >= 4 is 0 Å². The average molecular weight is 188 g/mol. The normalized spacial score (nSPS) is 20.1. The van der Waals surface area contributed by atoms with Crippen LogP contribution in [0.2, 0.25) is 0 Å². The molecule has 0 atom stereocenters. The van der Waals surface area contributed by atoms with E-state index in [1.807, 2.05) is 0 Å². The van der Waals surface area contributed by atoms with Crippen LogP contribution in [0, 0.1) is 0 Å². The fourth-order valence-corrected chi connectivity index (χ4v) is 1.65. The lowest BCUT2D eigenvalue weighted by atomic mass is 9.91. The third-order valence-electron chi connectivity index (χ3n) is 2.50. The number of allylic oxidation sites excluding steroid dienone is 7. The highest BCUT2D eigenvalue weighted by atomic mass is 14.1. The van der Waals surface area contributed by atoms with Crippen LogP contribution in [0.15, 0.2) is 47.6 Å². The van der Waals surface area contributed by atoms with Gasteiger partial charge in [-0.25, -0.2) is 0 Å². The zero-order valence-electron chi connectivity index (χ0n) is 9.34. The number of hydrogen-bond acceptors (Lipinski definition) is 0. The largest absolute Gasteiger partial charge is 0.0958 e. The number of rotatable bonds is 3. The van der Waals surface area contributed by atoms with Crippen molar-refractivity contribution < 1.29 is 0 Å². The standard InChI is InChI=1S/C14H20/c1-4-5-6-8-13-9-7-10-14(11-13)12(2)3/h5-6,8,11H,2,4,7,9-10H2,1,3H3/b6-5-,13-8+. The van der Waals surface area contributed by atoms with E-state index in [1.54, 1.807) is 0 Å². The van der Waals surface area contributed by atoms with Crippen molar-refractivity contribution in [3.8, 4) is 0 Å². The second-order valence-electron chi connectivity index (χ2n) is 3.88. The van der Waals surface area contributed by atoms with Gasteiger partial charge in [0.05, 0.1) is 0 Å². The van der Waals surface area contributed by atoms with Gasteiger partial charge in [-0.15, -0.1) is 0 Å². The lowest BCUT2D eigenvalue weighted by molar-refractivity contribution is 0.789. The van der Waals surface area contributed by atoms with Gasteiger partial charge in [-0.05, 0) is 43.8 Å². The van der Waals surface area contributed by atoms with Crippen LogP contribution < -0.4 is 0 Å². The SMILES string of the molecule is C=C(C)C1=C/C(=C/C=C\CC)CCC1. The van der Waals surface area contributed by atoms with Crippen LogP contribution in [0.4, 0.5) is 0 Å². The maximum Gasteiger partial charge on any atom is -0.0273 e. The zero-order valence-corrected chi connectivity index (χ0v) is 9.34. The van der Waals surface area contributed by atoms with Gasteiger partial charge in [-0.1, -0.05) is 43.4 Å². The van der Waals surface area contributed by atoms with Crippen molar-refractivity contribution in [2.24, 2.45) is 0 Å². The summed E-state index contributed by atoms with van der Waals surface area (Å²) >= 11 is 0. The van der Waals surface area contributed by atoms with Gasteiger partial charge in [-0.2, -0.15) is 0 Å². The Hall–Kier alpha value is -1.04. The maximum atomic E-state index is 4.00. The Kier molecular flexibility index (Phi) is 4.45. The summed E-state index contributed by atoms with van der Waals surface area (Å²) in [5, 5.41) is 0. The maximum absolute atomic E-state index is 4.00. The van der Waals surface area contributed by atoms with E-state index in [0.29, 0.717) is 0 Å². The van der Waals surface area contributed by atoms with Gasteiger partial charge in [0.25, 0.3) is 0 Å². The monoisotopic (exact) mass is 188 g/mol. The minimum Gasteiger partial charge on any atom is -0.0958 e. The molecule has 76 valence electrons. The molecule has 0 nitrogen and oxygen atoms in total. The van der Waals surface area contributed by atoms with E-state index in [9.17, 15) is 0 Å². The lowest BCUT2D eigenvalue weighted by Gasteiger charge is -2.14. The molecule has 0 heterocycles. The van der Waals surface area contributed by atoms with Crippen LogP contribution in [0.5, 0.6) is 0 Å². The fourth-order valence-electron chi connectivity index (χ4n) is 1.65. The predicted octanol–water partition coefficient (Wildman–Crippen LogP) is 4.57. The molecule has 14 heavy (non-hydrogen) atoms. The first-order chi connectivity index (χ1) is 6.74. The third kappa shape index (κ3) is 3.37. The number of hydrogen-bond donors (Lipinski definition) is 0. The van der Waals surface area contributed by atoms with Crippen LogP contribution in [-0.4, -0.2) is 0 Å². The molecular formula is C14H20. The molecule has 0 saturated heterocycles. The summed E-state index contributed by atoms with van der Waals surface area (Å²) in [6.07, 6.45) is 13.7. The molecule has 1 aliphatic rings. The molecule has 0 aromatic rings. The molecule has 0 N–H and O–H groups in total. The molecule has 0 unspecified atom stereocenters. The summed E-state index contributed by atoms with van der Waals surface area (Å²) in [7, 11) is 0. The highest BCUT2D eigenvalue weighted by molar-refractivity contribution is 5.38. The van der Waals surface area contributed by atoms with Crippen molar-refractivity contribution in [2.45, 2.75) is 39.5 Å². The van der Waals surface area contributed by atoms with Crippen LogP contribution in [0.1, 0.15) is 39.5 Å². The molecule has 0 heteroatoms. The molecule has 0 saturated carbocycles. The molecular weight excluding hydrogens is 168 g/mol. The second-order valence-corrected chi connectivity index (χ2v) is 3.88. The molecule has 0 bridgehead atoms. The van der Waals surface area contributed by atoms with E-state index in [1.165, 1.54) is 36.0 Å². The minimum atomic E-state index is 1.11. The molecule has 1 aliphatic carbocycles. The van der Waals surface area contributed by atoms with Gasteiger partial charge in [-0.3, -0.25) is 0 Å². The first-order valence-electron chi connectivity index (χ1n) is 5.46. The third-order valence-corrected chi connectivity index (χ3v) is 2.50. The Balaban J connectivity index is 2.71. The molecule has 1 rings (SSSR count). The van der Waals surface area contributed by atoms with Gasteiger partial charge in [0.1, 0.15) is 0 Å². The molecule has 0 amide bonds. The van der Waals surface area contributed by atoms with Gasteiger partial charge in [0, 0.05) is 0 Å². The molecule has 0 aliphatic heterocycles. The van der Waals surface area contributed by atoms with E-state index in [0.717, 1.165) is 6.42 Å². The molecule has 0 spiro atoms. The summed E-state index contributed by atoms with van der Waals surface area (Å²) in [5.74, 6) is 0. The Labute approximate surface area is 87.7 Å². The molecule has 0 radical (unpaired) electrons. The molecule has 0 aromatic heterocycles. The van der Waals surface area contributed by atoms with E-state index in [-0.39, 0.29) is 0 Å². The van der Waals surface area contributed by atoms with Gasteiger partial charge in [0.2, 0.25) is 0 Å².